The van der Waals surface area contributed by atoms with Crippen LogP contribution in [0.15, 0.2) is 0 Å². The van der Waals surface area contributed by atoms with Crippen LogP contribution < -0.4 is 4.72 Å². The first-order valence-electron chi connectivity index (χ1n) is 4.24. The summed E-state index contributed by atoms with van der Waals surface area (Å²) in [5, 5.41) is 8.43. The third kappa shape index (κ3) is 6.55. The minimum atomic E-state index is -3.19. The number of nitriles is 1. The van der Waals surface area contributed by atoms with E-state index in [4.69, 9.17) is 5.26 Å². The predicted octanol–water partition coefficient (Wildman–Crippen LogP) is 0.721. The fourth-order valence-electron chi connectivity index (χ4n) is 0.795. The van der Waals surface area contributed by atoms with Gasteiger partial charge in [0.15, 0.2) is 0 Å². The monoisotopic (exact) mass is 204 g/mol. The van der Waals surface area contributed by atoms with Crippen LogP contribution in [-0.2, 0) is 10.0 Å². The molecule has 0 amide bonds. The van der Waals surface area contributed by atoms with Crippen molar-refractivity contribution in [2.24, 2.45) is 11.8 Å². The molecule has 0 aliphatic carbocycles. The molecule has 13 heavy (non-hydrogen) atoms. The van der Waals surface area contributed by atoms with E-state index >= 15 is 0 Å². The molecule has 0 aliphatic heterocycles. The van der Waals surface area contributed by atoms with E-state index in [2.05, 4.69) is 4.72 Å². The summed E-state index contributed by atoms with van der Waals surface area (Å²) in [4.78, 5) is 0. The second-order valence-corrected chi connectivity index (χ2v) is 5.41. The topological polar surface area (TPSA) is 70.0 Å². The van der Waals surface area contributed by atoms with Crippen LogP contribution in [0.5, 0.6) is 0 Å². The lowest BCUT2D eigenvalue weighted by Gasteiger charge is -2.08. The van der Waals surface area contributed by atoms with Crippen molar-refractivity contribution in [2.75, 3.05) is 12.3 Å². The molecule has 4 nitrogen and oxygen atoms in total. The number of nitrogens with one attached hydrogen (secondary N) is 1. The SMILES string of the molecule is CC(C)CS(=O)(=O)NCC(C)C#N. The summed E-state index contributed by atoms with van der Waals surface area (Å²) in [6.07, 6.45) is 0. The summed E-state index contributed by atoms with van der Waals surface area (Å²) < 4.78 is 24.9. The first kappa shape index (κ1) is 12.4. The van der Waals surface area contributed by atoms with E-state index in [0.717, 1.165) is 0 Å². The molecule has 1 N–H and O–H groups in total. The number of hydrogen-bond acceptors (Lipinski definition) is 3. The van der Waals surface area contributed by atoms with Crippen LogP contribution in [-0.4, -0.2) is 20.7 Å². The zero-order valence-electron chi connectivity index (χ0n) is 8.24. The largest absolute Gasteiger partial charge is 0.214 e. The van der Waals surface area contributed by atoms with Gasteiger partial charge in [0, 0.05) is 6.54 Å². The Labute approximate surface area is 80.0 Å². The fourth-order valence-corrected chi connectivity index (χ4v) is 2.29. The van der Waals surface area contributed by atoms with Gasteiger partial charge in [0.05, 0.1) is 17.7 Å². The third-order valence-electron chi connectivity index (χ3n) is 1.38. The first-order chi connectivity index (χ1) is 5.87. The molecule has 0 saturated heterocycles. The molecule has 0 fully saturated rings. The fraction of sp³-hybridized carbons (Fsp3) is 0.875. The quantitative estimate of drug-likeness (QED) is 0.717. The van der Waals surface area contributed by atoms with Crippen LogP contribution >= 0.6 is 0 Å². The zero-order chi connectivity index (χ0) is 10.5. The van der Waals surface area contributed by atoms with E-state index < -0.39 is 10.0 Å². The summed E-state index contributed by atoms with van der Waals surface area (Å²) >= 11 is 0. The molecule has 76 valence electrons. The molecule has 0 aromatic heterocycles. The van der Waals surface area contributed by atoms with Crippen molar-refractivity contribution in [3.8, 4) is 6.07 Å². The highest BCUT2D eigenvalue weighted by molar-refractivity contribution is 7.89. The number of sulfonamides is 1. The van der Waals surface area contributed by atoms with Crippen molar-refractivity contribution in [2.45, 2.75) is 20.8 Å². The van der Waals surface area contributed by atoms with Crippen molar-refractivity contribution in [1.82, 2.24) is 4.72 Å². The van der Waals surface area contributed by atoms with Gasteiger partial charge in [0.25, 0.3) is 0 Å². The van der Waals surface area contributed by atoms with Gasteiger partial charge in [-0.3, -0.25) is 0 Å². The molecule has 0 rings (SSSR count). The molecular formula is C8H16N2O2S. The highest BCUT2D eigenvalue weighted by Crippen LogP contribution is 1.98. The molecule has 0 bridgehead atoms. The van der Waals surface area contributed by atoms with Gasteiger partial charge < -0.3 is 0 Å². The molecular weight excluding hydrogens is 188 g/mol. The van der Waals surface area contributed by atoms with E-state index in [1.165, 1.54) is 0 Å². The van der Waals surface area contributed by atoms with Gasteiger partial charge in [-0.25, -0.2) is 13.1 Å². The van der Waals surface area contributed by atoms with Gasteiger partial charge in [-0.05, 0) is 12.8 Å². The van der Waals surface area contributed by atoms with E-state index in [1.54, 1.807) is 6.92 Å². The Balaban J connectivity index is 3.99. The van der Waals surface area contributed by atoms with Crippen molar-refractivity contribution < 1.29 is 8.42 Å². The van der Waals surface area contributed by atoms with Crippen molar-refractivity contribution in [3.05, 3.63) is 0 Å². The van der Waals surface area contributed by atoms with Crippen LogP contribution in [0.4, 0.5) is 0 Å². The Bertz CT molecular complexity index is 277. The van der Waals surface area contributed by atoms with E-state index in [1.807, 2.05) is 19.9 Å². The maximum atomic E-state index is 11.2. The van der Waals surface area contributed by atoms with Crippen LogP contribution in [0.1, 0.15) is 20.8 Å². The average molecular weight is 204 g/mol. The summed E-state index contributed by atoms with van der Waals surface area (Å²) in [6, 6.07) is 1.96. The summed E-state index contributed by atoms with van der Waals surface area (Å²) in [5.74, 6) is -0.0534. The Morgan fingerprint density at radius 3 is 2.31 bits per heavy atom. The molecule has 5 heteroatoms. The smallest absolute Gasteiger partial charge is 0.211 e. The third-order valence-corrected chi connectivity index (χ3v) is 3.09. The van der Waals surface area contributed by atoms with Crippen LogP contribution in [0.25, 0.3) is 0 Å². The van der Waals surface area contributed by atoms with Gasteiger partial charge in [-0.1, -0.05) is 13.8 Å². The number of hydrogen-bond donors (Lipinski definition) is 1. The predicted molar refractivity (Wildman–Crippen MR) is 51.4 cm³/mol. The second kappa shape index (κ2) is 5.20. The van der Waals surface area contributed by atoms with Gasteiger partial charge in [-0.15, -0.1) is 0 Å². The first-order valence-corrected chi connectivity index (χ1v) is 5.89. The maximum absolute atomic E-state index is 11.2. The van der Waals surface area contributed by atoms with Gasteiger partial charge in [0.2, 0.25) is 10.0 Å². The lowest BCUT2D eigenvalue weighted by Crippen LogP contribution is -2.31. The summed E-state index contributed by atoms with van der Waals surface area (Å²) in [7, 11) is -3.19. The number of nitrogens with zero attached hydrogens (tertiary/aromatic N) is 1. The molecule has 0 heterocycles. The molecule has 0 aliphatic rings. The summed E-state index contributed by atoms with van der Waals surface area (Å²) in [5.41, 5.74) is 0. The molecule has 0 radical (unpaired) electrons. The minimum absolute atomic E-state index is 0.106. The van der Waals surface area contributed by atoms with Crippen molar-refractivity contribution in [1.29, 1.82) is 5.26 Å². The van der Waals surface area contributed by atoms with Gasteiger partial charge >= 0.3 is 0 Å². The molecule has 0 spiro atoms. The minimum Gasteiger partial charge on any atom is -0.214 e. The molecule has 0 saturated carbocycles. The van der Waals surface area contributed by atoms with Crippen LogP contribution in [0.2, 0.25) is 0 Å². The molecule has 0 aromatic carbocycles. The van der Waals surface area contributed by atoms with Gasteiger partial charge in [0.1, 0.15) is 0 Å². The lowest BCUT2D eigenvalue weighted by atomic mass is 10.2. The van der Waals surface area contributed by atoms with Crippen LogP contribution in [0.3, 0.4) is 0 Å². The second-order valence-electron chi connectivity index (χ2n) is 3.55. The van der Waals surface area contributed by atoms with Crippen LogP contribution in [0, 0.1) is 23.2 Å². The summed E-state index contributed by atoms with van der Waals surface area (Å²) in [6.45, 7) is 5.56. The molecule has 1 unspecified atom stereocenters. The standard InChI is InChI=1S/C8H16N2O2S/c1-7(2)6-13(11,12)10-5-8(3)4-9/h7-8,10H,5-6H2,1-3H3. The normalized spacial score (nSPS) is 14.1. The Kier molecular flexibility index (Phi) is 4.96. The molecule has 0 aromatic rings. The highest BCUT2D eigenvalue weighted by atomic mass is 32.2. The van der Waals surface area contributed by atoms with E-state index in [0.29, 0.717) is 0 Å². The van der Waals surface area contributed by atoms with Gasteiger partial charge in [-0.2, -0.15) is 5.26 Å². The van der Waals surface area contributed by atoms with E-state index in [-0.39, 0.29) is 24.1 Å². The maximum Gasteiger partial charge on any atom is 0.211 e. The Morgan fingerprint density at radius 1 is 1.38 bits per heavy atom. The average Bonchev–Trinajstić information content (AvgIpc) is 1.98. The molecule has 1 atom stereocenters. The highest BCUT2D eigenvalue weighted by Gasteiger charge is 2.13. The number of rotatable bonds is 5. The Hall–Kier alpha value is -0.600. The van der Waals surface area contributed by atoms with Crippen molar-refractivity contribution >= 4 is 10.0 Å². The van der Waals surface area contributed by atoms with Crippen molar-refractivity contribution in [3.63, 3.8) is 0 Å². The van der Waals surface area contributed by atoms with E-state index in [9.17, 15) is 8.42 Å². The zero-order valence-corrected chi connectivity index (χ0v) is 9.06. The lowest BCUT2D eigenvalue weighted by molar-refractivity contribution is 0.560. The Morgan fingerprint density at radius 2 is 1.92 bits per heavy atom.